The second kappa shape index (κ2) is 18.8. The molecular formula is C40H42ClN5O5. The topological polar surface area (TPSA) is 142 Å². The van der Waals surface area contributed by atoms with Crippen molar-refractivity contribution in [3.8, 4) is 34.6 Å². The number of halogens is 1. The van der Waals surface area contributed by atoms with Gasteiger partial charge in [0.05, 0.1) is 23.8 Å². The van der Waals surface area contributed by atoms with E-state index in [1.54, 1.807) is 30.6 Å². The van der Waals surface area contributed by atoms with Crippen molar-refractivity contribution in [2.24, 2.45) is 0 Å². The molecule has 0 fully saturated rings. The molecule has 0 bridgehead atoms. The van der Waals surface area contributed by atoms with E-state index in [1.165, 1.54) is 6.20 Å². The average molecular weight is 708 g/mol. The molecule has 0 amide bonds. The predicted octanol–water partition coefficient (Wildman–Crippen LogP) is 6.19. The number of ether oxygens (including phenoxy) is 3. The molecule has 0 radical (unpaired) electrons. The highest BCUT2D eigenvalue weighted by molar-refractivity contribution is 6.32. The zero-order valence-electron chi connectivity index (χ0n) is 28.8. The monoisotopic (exact) mass is 707 g/mol. The van der Waals surface area contributed by atoms with Gasteiger partial charge in [0.1, 0.15) is 37.4 Å². The average Bonchev–Trinajstić information content (AvgIpc) is 3.15. The number of nitrogens with one attached hydrogen (secondary N) is 2. The van der Waals surface area contributed by atoms with Crippen molar-refractivity contribution in [3.05, 3.63) is 135 Å². The Morgan fingerprint density at radius 1 is 0.706 bits per heavy atom. The maximum absolute atomic E-state index is 9.25. The number of pyridine rings is 2. The standard InChI is InChI=1S/C40H42ClN5O5/c1-27-32(25-50-39-17-38(34(16-37(39)41)23-44-12-14-48)49-24-31-15-30(18-42)20-45-21-31)5-3-7-35(27)36-8-4-6-33(28(36)2)26-51-40-10-9-29(22-46-40)19-43-11-13-47/h3-10,15-17,20-22,43-44,47-48H,11-14,19,23-26H2,1-2H3. The van der Waals surface area contributed by atoms with Crippen LogP contribution in [0.4, 0.5) is 0 Å². The largest absolute Gasteiger partial charge is 0.488 e. The first-order valence-corrected chi connectivity index (χ1v) is 17.1. The van der Waals surface area contributed by atoms with Gasteiger partial charge in [-0.05, 0) is 64.9 Å². The van der Waals surface area contributed by atoms with E-state index in [9.17, 15) is 10.4 Å². The summed E-state index contributed by atoms with van der Waals surface area (Å²) in [7, 11) is 0. The van der Waals surface area contributed by atoms with Crippen LogP contribution in [0.25, 0.3) is 11.1 Å². The third kappa shape index (κ3) is 10.3. The van der Waals surface area contributed by atoms with Gasteiger partial charge in [0, 0.05) is 68.0 Å². The summed E-state index contributed by atoms with van der Waals surface area (Å²) in [5, 5.41) is 34.2. The molecule has 5 aromatic rings. The number of nitriles is 1. The number of rotatable bonds is 18. The Hall–Kier alpha value is -5.02. The van der Waals surface area contributed by atoms with Gasteiger partial charge < -0.3 is 35.1 Å². The van der Waals surface area contributed by atoms with Crippen LogP contribution in [0.15, 0.2) is 85.3 Å². The minimum atomic E-state index is 0.00559. The van der Waals surface area contributed by atoms with E-state index in [0.29, 0.717) is 60.8 Å². The molecule has 0 unspecified atom stereocenters. The summed E-state index contributed by atoms with van der Waals surface area (Å²) >= 11 is 6.72. The molecule has 11 heteroatoms. The lowest BCUT2D eigenvalue weighted by molar-refractivity contribution is 0.282. The number of benzene rings is 3. The molecule has 0 spiro atoms. The highest BCUT2D eigenvalue weighted by atomic mass is 35.5. The Labute approximate surface area is 303 Å². The van der Waals surface area contributed by atoms with Gasteiger partial charge in [-0.3, -0.25) is 4.98 Å². The Morgan fingerprint density at radius 3 is 2.02 bits per heavy atom. The summed E-state index contributed by atoms with van der Waals surface area (Å²) in [4.78, 5) is 8.56. The van der Waals surface area contributed by atoms with E-state index in [1.807, 2.05) is 30.3 Å². The molecule has 264 valence electrons. The lowest BCUT2D eigenvalue weighted by Gasteiger charge is -2.18. The lowest BCUT2D eigenvalue weighted by Crippen LogP contribution is -2.18. The molecule has 0 aliphatic carbocycles. The lowest BCUT2D eigenvalue weighted by atomic mass is 9.92. The summed E-state index contributed by atoms with van der Waals surface area (Å²) in [5.74, 6) is 1.60. The zero-order valence-corrected chi connectivity index (χ0v) is 29.5. The summed E-state index contributed by atoms with van der Waals surface area (Å²) in [6.07, 6.45) is 4.95. The SMILES string of the molecule is Cc1c(COc2ccc(CNCCO)cn2)cccc1-c1cccc(COc2cc(OCc3cncc(C#N)c3)c(CNCCO)cc2Cl)c1C. The summed E-state index contributed by atoms with van der Waals surface area (Å²) in [6, 6.07) is 23.7. The van der Waals surface area contributed by atoms with Gasteiger partial charge in [-0.15, -0.1) is 0 Å². The van der Waals surface area contributed by atoms with Crippen LogP contribution in [0.1, 0.15) is 44.5 Å². The van der Waals surface area contributed by atoms with Crippen molar-refractivity contribution in [1.29, 1.82) is 5.26 Å². The fourth-order valence-corrected chi connectivity index (χ4v) is 5.77. The first-order chi connectivity index (χ1) is 24.9. The van der Waals surface area contributed by atoms with E-state index in [2.05, 4.69) is 58.7 Å². The molecule has 10 nitrogen and oxygen atoms in total. The fourth-order valence-electron chi connectivity index (χ4n) is 5.53. The fraction of sp³-hybridized carbons (Fsp3) is 0.275. The zero-order chi connectivity index (χ0) is 36.0. The van der Waals surface area contributed by atoms with Crippen molar-refractivity contribution in [3.63, 3.8) is 0 Å². The molecule has 0 saturated heterocycles. The quantitative estimate of drug-likeness (QED) is 0.0780. The number of nitrogens with zero attached hydrogens (tertiary/aromatic N) is 3. The van der Waals surface area contributed by atoms with Gasteiger partial charge in [0.25, 0.3) is 0 Å². The van der Waals surface area contributed by atoms with Crippen LogP contribution in [-0.2, 0) is 32.9 Å². The minimum Gasteiger partial charge on any atom is -0.488 e. The first kappa shape index (κ1) is 37.2. The molecule has 51 heavy (non-hydrogen) atoms. The van der Waals surface area contributed by atoms with Crippen molar-refractivity contribution in [2.45, 2.75) is 46.8 Å². The van der Waals surface area contributed by atoms with Crippen LogP contribution in [0.5, 0.6) is 17.4 Å². The molecule has 3 aromatic carbocycles. The van der Waals surface area contributed by atoms with Gasteiger partial charge in [-0.25, -0.2) is 4.98 Å². The minimum absolute atomic E-state index is 0.00559. The molecular weight excluding hydrogens is 666 g/mol. The number of hydrogen-bond donors (Lipinski definition) is 4. The van der Waals surface area contributed by atoms with E-state index < -0.39 is 0 Å². The van der Waals surface area contributed by atoms with Crippen LogP contribution in [-0.4, -0.2) is 46.5 Å². The second-order valence-corrected chi connectivity index (χ2v) is 12.3. The van der Waals surface area contributed by atoms with Gasteiger partial charge in [-0.1, -0.05) is 54.1 Å². The summed E-state index contributed by atoms with van der Waals surface area (Å²) in [6.45, 7) is 7.19. The van der Waals surface area contributed by atoms with Crippen molar-refractivity contribution in [1.82, 2.24) is 20.6 Å². The number of hydrogen-bond acceptors (Lipinski definition) is 10. The molecule has 0 aliphatic heterocycles. The molecule has 0 saturated carbocycles. The summed E-state index contributed by atoms with van der Waals surface area (Å²) in [5.41, 5.74) is 9.53. The number of aromatic nitrogens is 2. The smallest absolute Gasteiger partial charge is 0.213 e. The molecule has 0 aliphatic rings. The van der Waals surface area contributed by atoms with Gasteiger partial charge in [-0.2, -0.15) is 5.26 Å². The molecule has 5 rings (SSSR count). The van der Waals surface area contributed by atoms with Gasteiger partial charge in [0.2, 0.25) is 5.88 Å². The van der Waals surface area contributed by atoms with Crippen LogP contribution < -0.4 is 24.8 Å². The molecule has 4 N–H and O–H groups in total. The van der Waals surface area contributed by atoms with Crippen LogP contribution >= 0.6 is 11.6 Å². The normalized spacial score (nSPS) is 10.9. The van der Waals surface area contributed by atoms with Crippen molar-refractivity contribution < 1.29 is 24.4 Å². The van der Waals surface area contributed by atoms with E-state index in [0.717, 1.165) is 50.1 Å². The second-order valence-electron chi connectivity index (χ2n) is 11.9. The van der Waals surface area contributed by atoms with E-state index in [-0.39, 0.29) is 26.4 Å². The van der Waals surface area contributed by atoms with Crippen LogP contribution in [0.2, 0.25) is 5.02 Å². The first-order valence-electron chi connectivity index (χ1n) is 16.7. The predicted molar refractivity (Wildman–Crippen MR) is 197 cm³/mol. The third-order valence-electron chi connectivity index (χ3n) is 8.39. The maximum Gasteiger partial charge on any atom is 0.213 e. The van der Waals surface area contributed by atoms with E-state index >= 15 is 0 Å². The Kier molecular flexibility index (Phi) is 13.7. The van der Waals surface area contributed by atoms with Crippen LogP contribution in [0.3, 0.4) is 0 Å². The maximum atomic E-state index is 9.25. The third-order valence-corrected chi connectivity index (χ3v) is 8.69. The van der Waals surface area contributed by atoms with Crippen molar-refractivity contribution in [2.75, 3.05) is 26.3 Å². The molecule has 2 heterocycles. The Bertz CT molecular complexity index is 1950. The highest BCUT2D eigenvalue weighted by Crippen LogP contribution is 2.35. The Morgan fingerprint density at radius 2 is 1.37 bits per heavy atom. The number of aliphatic hydroxyl groups excluding tert-OH is 2. The number of aliphatic hydroxyl groups is 2. The van der Waals surface area contributed by atoms with Crippen molar-refractivity contribution >= 4 is 11.6 Å². The van der Waals surface area contributed by atoms with E-state index in [4.69, 9.17) is 30.9 Å². The van der Waals surface area contributed by atoms with Gasteiger partial charge >= 0.3 is 0 Å². The van der Waals surface area contributed by atoms with Gasteiger partial charge in [0.15, 0.2) is 0 Å². The summed E-state index contributed by atoms with van der Waals surface area (Å²) < 4.78 is 18.5. The Balaban J connectivity index is 1.29. The molecule has 0 atom stereocenters. The van der Waals surface area contributed by atoms with Crippen LogP contribution in [0, 0.1) is 25.2 Å². The molecule has 2 aromatic heterocycles. The highest BCUT2D eigenvalue weighted by Gasteiger charge is 2.15.